The Morgan fingerprint density at radius 1 is 1.17 bits per heavy atom. The van der Waals surface area contributed by atoms with Gasteiger partial charge in [0, 0.05) is 6.42 Å². The van der Waals surface area contributed by atoms with Gasteiger partial charge in [-0.25, -0.2) is 19.7 Å². The van der Waals surface area contributed by atoms with Gasteiger partial charge in [0.1, 0.15) is 29.9 Å². The molecule has 1 fully saturated rings. The van der Waals surface area contributed by atoms with Crippen LogP contribution in [0.2, 0.25) is 0 Å². The molecule has 0 radical (unpaired) electrons. The predicted octanol–water partition coefficient (Wildman–Crippen LogP) is -1.83. The largest absolute Gasteiger partial charge is 0.479 e. The van der Waals surface area contributed by atoms with Crippen LogP contribution < -0.4 is 5.73 Å². The first kappa shape index (κ1) is 20.1. The van der Waals surface area contributed by atoms with E-state index in [0.717, 1.165) is 16.5 Å². The average Bonchev–Trinajstić information content (AvgIpc) is 3.15. The molecular formula is C18H19N5O7. The molecule has 1 aliphatic heterocycles. The molecule has 1 unspecified atom stereocenters. The number of rotatable bonds is 4. The highest BCUT2D eigenvalue weighted by Crippen LogP contribution is 2.34. The third kappa shape index (κ3) is 3.16. The first-order valence-electron chi connectivity index (χ1n) is 8.93. The maximum Gasteiger partial charge on any atom is 0.335 e. The molecule has 5 atom stereocenters. The number of nitrogens with two attached hydrogens (primary N) is 1. The minimum Gasteiger partial charge on any atom is -0.479 e. The van der Waals surface area contributed by atoms with Crippen molar-refractivity contribution < 1.29 is 35.1 Å². The van der Waals surface area contributed by atoms with Gasteiger partial charge in [-0.15, -0.1) is 0 Å². The van der Waals surface area contributed by atoms with Crippen LogP contribution in [0.1, 0.15) is 11.4 Å². The van der Waals surface area contributed by atoms with E-state index in [-0.39, 0.29) is 22.8 Å². The van der Waals surface area contributed by atoms with E-state index in [1.54, 1.807) is 0 Å². The molecule has 0 bridgehead atoms. The fraction of sp³-hybridized carbons (Fsp3) is 0.333. The summed E-state index contributed by atoms with van der Waals surface area (Å²) in [5.74, 6) is -4.16. The van der Waals surface area contributed by atoms with E-state index in [0.29, 0.717) is 6.42 Å². The Labute approximate surface area is 168 Å². The van der Waals surface area contributed by atoms with Gasteiger partial charge in [-0.1, -0.05) is 30.3 Å². The molecule has 0 spiro atoms. The number of benzene rings is 1. The van der Waals surface area contributed by atoms with Crippen molar-refractivity contribution in [1.82, 2.24) is 19.5 Å². The second-order valence-electron chi connectivity index (χ2n) is 6.94. The number of carboxylic acids is 1. The number of aromatic nitrogens is 4. The zero-order chi connectivity index (χ0) is 21.6. The van der Waals surface area contributed by atoms with E-state index in [4.69, 9.17) is 10.5 Å². The van der Waals surface area contributed by atoms with E-state index in [9.17, 15) is 30.3 Å². The summed E-state index contributed by atoms with van der Waals surface area (Å²) < 4.78 is 5.95. The second kappa shape index (κ2) is 7.27. The highest BCUT2D eigenvalue weighted by atomic mass is 16.7. The standard InChI is InChI=1S/C18H19N5O7/c19-15-10-16(22-9(21-15)6-8-4-2-1-3-5-8)23(7-20-10)18(29)14(26)12(25)11(24)13(30-18)17(27)28/h1-5,7,11-14,24-26,29H,6H2,(H,27,28)(H2,19,21,22)/t11-,12-,13-,14+,18?/m0/s1. The van der Waals surface area contributed by atoms with Gasteiger partial charge in [0.05, 0.1) is 0 Å². The Hall–Kier alpha value is -3.16. The van der Waals surface area contributed by atoms with E-state index >= 15 is 0 Å². The van der Waals surface area contributed by atoms with Crippen molar-refractivity contribution in [2.24, 2.45) is 0 Å². The average molecular weight is 417 g/mol. The van der Waals surface area contributed by atoms with Crippen LogP contribution in [0.4, 0.5) is 5.82 Å². The molecule has 1 saturated heterocycles. The summed E-state index contributed by atoms with van der Waals surface area (Å²) >= 11 is 0. The quantitative estimate of drug-likeness (QED) is 0.279. The molecule has 3 aromatic rings. The summed E-state index contributed by atoms with van der Waals surface area (Å²) in [5, 5.41) is 50.6. The normalized spacial score (nSPS) is 29.2. The van der Waals surface area contributed by atoms with Crippen LogP contribution in [0.25, 0.3) is 11.2 Å². The Bertz CT molecular complexity index is 1090. The van der Waals surface area contributed by atoms with E-state index in [1.165, 1.54) is 0 Å². The lowest BCUT2D eigenvalue weighted by Crippen LogP contribution is -2.66. The number of hydrogen-bond donors (Lipinski definition) is 6. The number of nitrogens with zero attached hydrogens (tertiary/aromatic N) is 4. The lowest BCUT2D eigenvalue weighted by molar-refractivity contribution is -0.382. The predicted molar refractivity (Wildman–Crippen MR) is 99.7 cm³/mol. The molecule has 4 rings (SSSR count). The lowest BCUT2D eigenvalue weighted by Gasteiger charge is -2.44. The van der Waals surface area contributed by atoms with Gasteiger partial charge in [-0.2, -0.15) is 0 Å². The van der Waals surface area contributed by atoms with Crippen molar-refractivity contribution in [2.45, 2.75) is 36.7 Å². The van der Waals surface area contributed by atoms with Gasteiger partial charge in [-0.05, 0) is 5.56 Å². The molecule has 0 amide bonds. The van der Waals surface area contributed by atoms with Gasteiger partial charge in [0.15, 0.2) is 23.7 Å². The van der Waals surface area contributed by atoms with Gasteiger partial charge in [-0.3, -0.25) is 4.57 Å². The van der Waals surface area contributed by atoms with Crippen LogP contribution in [0.3, 0.4) is 0 Å². The molecule has 7 N–H and O–H groups in total. The molecule has 30 heavy (non-hydrogen) atoms. The lowest BCUT2D eigenvalue weighted by atomic mass is 9.96. The monoisotopic (exact) mass is 417 g/mol. The molecular weight excluding hydrogens is 398 g/mol. The maximum atomic E-state index is 11.4. The van der Waals surface area contributed by atoms with Crippen LogP contribution in [0.15, 0.2) is 36.7 Å². The molecule has 3 heterocycles. The Morgan fingerprint density at radius 2 is 1.87 bits per heavy atom. The van der Waals surface area contributed by atoms with Crippen molar-refractivity contribution in [3.05, 3.63) is 48.0 Å². The van der Waals surface area contributed by atoms with Crippen LogP contribution in [0.5, 0.6) is 0 Å². The third-order valence-electron chi connectivity index (χ3n) is 4.93. The zero-order valence-electron chi connectivity index (χ0n) is 15.4. The Morgan fingerprint density at radius 3 is 2.53 bits per heavy atom. The molecule has 12 nitrogen and oxygen atoms in total. The number of carbonyl (C=O) groups is 1. The highest BCUT2D eigenvalue weighted by Gasteiger charge is 2.57. The summed E-state index contributed by atoms with van der Waals surface area (Å²) in [6, 6.07) is 9.26. The van der Waals surface area contributed by atoms with Crippen LogP contribution in [-0.2, 0) is 21.9 Å². The van der Waals surface area contributed by atoms with Gasteiger partial charge < -0.3 is 36.0 Å². The summed E-state index contributed by atoms with van der Waals surface area (Å²) in [5.41, 5.74) is 6.87. The van der Waals surface area contributed by atoms with E-state index in [1.807, 2.05) is 30.3 Å². The minimum atomic E-state index is -2.79. The van der Waals surface area contributed by atoms with E-state index in [2.05, 4.69) is 15.0 Å². The fourth-order valence-corrected chi connectivity index (χ4v) is 3.37. The van der Waals surface area contributed by atoms with Gasteiger partial charge >= 0.3 is 5.97 Å². The molecule has 1 aromatic carbocycles. The molecule has 0 aliphatic carbocycles. The fourth-order valence-electron chi connectivity index (χ4n) is 3.37. The second-order valence-corrected chi connectivity index (χ2v) is 6.94. The number of aliphatic hydroxyl groups excluding tert-OH is 3. The number of anilines is 1. The van der Waals surface area contributed by atoms with E-state index < -0.39 is 36.3 Å². The highest BCUT2D eigenvalue weighted by molar-refractivity contribution is 5.81. The van der Waals surface area contributed by atoms with Gasteiger partial charge in [0.2, 0.25) is 0 Å². The zero-order valence-corrected chi connectivity index (χ0v) is 15.4. The number of carboxylic acid groups (broad SMARTS) is 1. The first-order valence-corrected chi connectivity index (χ1v) is 8.93. The number of imidazole rings is 1. The number of fused-ring (bicyclic) bond motifs is 1. The summed E-state index contributed by atoms with van der Waals surface area (Å²) in [6.45, 7) is 0. The molecule has 12 heteroatoms. The van der Waals surface area contributed by atoms with Gasteiger partial charge in [0.25, 0.3) is 5.91 Å². The number of hydrogen-bond acceptors (Lipinski definition) is 10. The number of aliphatic hydroxyl groups is 4. The molecule has 158 valence electrons. The van der Waals surface area contributed by atoms with Crippen molar-refractivity contribution in [3.63, 3.8) is 0 Å². The topological polar surface area (TPSA) is 197 Å². The van der Waals surface area contributed by atoms with Crippen molar-refractivity contribution in [1.29, 1.82) is 0 Å². The smallest absolute Gasteiger partial charge is 0.335 e. The Kier molecular flexibility index (Phi) is 4.88. The third-order valence-corrected chi connectivity index (χ3v) is 4.93. The Balaban J connectivity index is 1.81. The summed E-state index contributed by atoms with van der Waals surface area (Å²) in [6.07, 6.45) is -6.81. The minimum absolute atomic E-state index is 0.00560. The number of ether oxygens (including phenoxy) is 1. The summed E-state index contributed by atoms with van der Waals surface area (Å²) in [7, 11) is 0. The molecule has 0 saturated carbocycles. The van der Waals surface area contributed by atoms with Crippen molar-refractivity contribution >= 4 is 23.0 Å². The van der Waals surface area contributed by atoms with Crippen LogP contribution in [0, 0.1) is 0 Å². The van der Waals surface area contributed by atoms with Crippen molar-refractivity contribution in [2.75, 3.05) is 5.73 Å². The van der Waals surface area contributed by atoms with Crippen LogP contribution in [-0.4, -0.2) is 75.4 Å². The molecule has 2 aromatic heterocycles. The van der Waals surface area contributed by atoms with Crippen molar-refractivity contribution in [3.8, 4) is 0 Å². The van der Waals surface area contributed by atoms with Crippen LogP contribution >= 0.6 is 0 Å². The SMILES string of the molecule is Nc1nc(Cc2ccccc2)nc2c1ncn2C1(O)O[C@H](C(=O)O)[C@@H](O)[C@H](O)[C@H]1O. The number of aliphatic carboxylic acids is 1. The number of nitrogen functional groups attached to an aromatic ring is 1. The molecule has 1 aliphatic rings. The summed E-state index contributed by atoms with van der Waals surface area (Å²) in [4.78, 5) is 23.9. The maximum absolute atomic E-state index is 11.4. The first-order chi connectivity index (χ1) is 14.2.